The first kappa shape index (κ1) is 16.5. The van der Waals surface area contributed by atoms with Gasteiger partial charge in [0, 0.05) is 17.8 Å². The zero-order valence-electron chi connectivity index (χ0n) is 13.8. The molecule has 0 aliphatic carbocycles. The molecule has 3 rings (SSSR count). The summed E-state index contributed by atoms with van der Waals surface area (Å²) in [5.74, 6) is -1.14. The zero-order valence-corrected chi connectivity index (χ0v) is 13.8. The van der Waals surface area contributed by atoms with Gasteiger partial charge in [0.2, 0.25) is 0 Å². The number of rotatable bonds is 4. The molecule has 126 valence electrons. The minimum absolute atomic E-state index is 0.0552. The fraction of sp³-hybridized carbons (Fsp3) is 0.167. The number of amides is 1. The Morgan fingerprint density at radius 2 is 1.92 bits per heavy atom. The van der Waals surface area contributed by atoms with Gasteiger partial charge in [-0.15, -0.1) is 0 Å². The van der Waals surface area contributed by atoms with Crippen molar-refractivity contribution < 1.29 is 14.3 Å². The van der Waals surface area contributed by atoms with E-state index in [1.807, 2.05) is 12.1 Å². The van der Waals surface area contributed by atoms with Crippen LogP contribution in [0.1, 0.15) is 23.1 Å². The summed E-state index contributed by atoms with van der Waals surface area (Å²) in [6, 6.07) is 9.06. The van der Waals surface area contributed by atoms with Gasteiger partial charge in [-0.25, -0.2) is 9.78 Å². The van der Waals surface area contributed by atoms with Crippen molar-refractivity contribution in [1.82, 2.24) is 15.0 Å². The number of nitrogens with zero attached hydrogens (tertiary/aromatic N) is 3. The number of fused-ring (bicyclic) bond motifs is 1. The molecule has 0 bridgehead atoms. The highest BCUT2D eigenvalue weighted by Gasteiger charge is 2.20. The normalized spacial score (nSPS) is 11.8. The molecule has 1 aromatic carbocycles. The number of anilines is 1. The van der Waals surface area contributed by atoms with Gasteiger partial charge in [0.25, 0.3) is 5.91 Å². The number of pyridine rings is 1. The molecule has 0 aliphatic heterocycles. The van der Waals surface area contributed by atoms with Crippen molar-refractivity contribution in [3.8, 4) is 0 Å². The Balaban J connectivity index is 1.70. The summed E-state index contributed by atoms with van der Waals surface area (Å²) in [5, 5.41) is 3.57. The van der Waals surface area contributed by atoms with Crippen molar-refractivity contribution in [2.75, 3.05) is 5.32 Å². The topological polar surface area (TPSA) is 94.1 Å². The second-order valence-electron chi connectivity index (χ2n) is 5.46. The Morgan fingerprint density at radius 1 is 1.08 bits per heavy atom. The second kappa shape index (κ2) is 7.04. The van der Waals surface area contributed by atoms with E-state index in [1.165, 1.54) is 19.3 Å². The molecule has 0 saturated heterocycles. The lowest BCUT2D eigenvalue weighted by molar-refractivity contribution is -0.123. The number of benzene rings is 1. The van der Waals surface area contributed by atoms with Crippen LogP contribution in [0.4, 0.5) is 5.69 Å². The van der Waals surface area contributed by atoms with Gasteiger partial charge in [-0.05, 0) is 38.1 Å². The summed E-state index contributed by atoms with van der Waals surface area (Å²) in [7, 11) is 0. The Hall–Kier alpha value is -3.35. The quantitative estimate of drug-likeness (QED) is 0.736. The number of esters is 1. The fourth-order valence-electron chi connectivity index (χ4n) is 2.22. The number of carbonyl (C=O) groups excluding carboxylic acids is 2. The minimum Gasteiger partial charge on any atom is -0.448 e. The van der Waals surface area contributed by atoms with Crippen LogP contribution in [0.3, 0.4) is 0 Å². The molecular weight excluding hydrogens is 320 g/mol. The Morgan fingerprint density at radius 3 is 2.68 bits per heavy atom. The summed E-state index contributed by atoms with van der Waals surface area (Å²) in [6.45, 7) is 3.26. The predicted octanol–water partition coefficient (Wildman–Crippen LogP) is 2.52. The van der Waals surface area contributed by atoms with Gasteiger partial charge in [-0.1, -0.05) is 6.07 Å². The van der Waals surface area contributed by atoms with E-state index >= 15 is 0 Å². The first-order chi connectivity index (χ1) is 12.0. The smallest absolute Gasteiger partial charge is 0.359 e. The fourth-order valence-corrected chi connectivity index (χ4v) is 2.22. The van der Waals surface area contributed by atoms with Gasteiger partial charge in [0.15, 0.2) is 11.8 Å². The number of hydrogen-bond acceptors (Lipinski definition) is 6. The number of ether oxygens (including phenoxy) is 1. The van der Waals surface area contributed by atoms with Gasteiger partial charge in [0.1, 0.15) is 0 Å². The summed E-state index contributed by atoms with van der Waals surface area (Å²) in [6.07, 6.45) is 3.48. The van der Waals surface area contributed by atoms with Crippen LogP contribution < -0.4 is 5.32 Å². The molecule has 0 spiro atoms. The maximum absolute atomic E-state index is 12.3. The highest BCUT2D eigenvalue weighted by atomic mass is 16.5. The third-order valence-corrected chi connectivity index (χ3v) is 3.55. The lowest BCUT2D eigenvalue weighted by Crippen LogP contribution is -2.30. The van der Waals surface area contributed by atoms with E-state index in [-0.39, 0.29) is 5.69 Å². The van der Waals surface area contributed by atoms with E-state index in [9.17, 15) is 9.59 Å². The van der Waals surface area contributed by atoms with Crippen molar-refractivity contribution in [2.45, 2.75) is 20.0 Å². The van der Waals surface area contributed by atoms with Crippen LogP contribution in [0, 0.1) is 6.92 Å². The van der Waals surface area contributed by atoms with E-state index in [0.717, 1.165) is 10.9 Å². The first-order valence-corrected chi connectivity index (χ1v) is 7.69. The highest BCUT2D eigenvalue weighted by Crippen LogP contribution is 2.21. The molecule has 7 heteroatoms. The molecule has 1 amide bonds. The average Bonchev–Trinajstić information content (AvgIpc) is 2.62. The van der Waals surface area contributed by atoms with Gasteiger partial charge >= 0.3 is 5.97 Å². The molecule has 0 saturated carbocycles. The molecule has 1 N–H and O–H groups in total. The molecule has 7 nitrogen and oxygen atoms in total. The van der Waals surface area contributed by atoms with Crippen LogP contribution in [0.25, 0.3) is 10.9 Å². The molecule has 0 aliphatic rings. The predicted molar refractivity (Wildman–Crippen MR) is 92.0 cm³/mol. The number of hydrogen-bond donors (Lipinski definition) is 1. The highest BCUT2D eigenvalue weighted by molar-refractivity contribution is 6.03. The van der Waals surface area contributed by atoms with Crippen molar-refractivity contribution in [3.05, 3.63) is 60.3 Å². The number of carbonyl (C=O) groups is 2. The Bertz CT molecular complexity index is 920. The van der Waals surface area contributed by atoms with Crippen LogP contribution in [-0.4, -0.2) is 32.9 Å². The summed E-state index contributed by atoms with van der Waals surface area (Å²) in [4.78, 5) is 36.5. The SMILES string of the molecule is Cc1cnc(C(=O)O[C@@H](C)C(=O)Nc2cccc3ncccc23)cn1. The minimum atomic E-state index is -0.984. The number of aromatic nitrogens is 3. The largest absolute Gasteiger partial charge is 0.448 e. The van der Waals surface area contributed by atoms with Crippen LogP contribution in [0.5, 0.6) is 0 Å². The van der Waals surface area contributed by atoms with Gasteiger partial charge < -0.3 is 10.1 Å². The maximum atomic E-state index is 12.3. The van der Waals surface area contributed by atoms with Crippen LogP contribution >= 0.6 is 0 Å². The molecule has 2 aromatic heterocycles. The van der Waals surface area contributed by atoms with Crippen molar-refractivity contribution in [3.63, 3.8) is 0 Å². The van der Waals surface area contributed by atoms with Gasteiger partial charge in [-0.3, -0.25) is 14.8 Å². The summed E-state index contributed by atoms with van der Waals surface area (Å²) >= 11 is 0. The number of aryl methyl sites for hydroxylation is 1. The van der Waals surface area contributed by atoms with E-state index in [0.29, 0.717) is 11.4 Å². The standard InChI is InChI=1S/C18H16N4O3/c1-11-9-21-16(10-20-11)18(24)25-12(2)17(23)22-15-7-3-6-14-13(15)5-4-8-19-14/h3-10,12H,1-2H3,(H,22,23)/t12-/m0/s1. The molecular formula is C18H16N4O3. The molecule has 0 fully saturated rings. The number of nitrogens with one attached hydrogen (secondary N) is 1. The van der Waals surface area contributed by atoms with Crippen molar-refractivity contribution in [2.24, 2.45) is 0 Å². The van der Waals surface area contributed by atoms with Crippen LogP contribution in [0.15, 0.2) is 48.9 Å². The van der Waals surface area contributed by atoms with E-state index in [2.05, 4.69) is 20.3 Å². The Kier molecular flexibility index (Phi) is 4.65. The van der Waals surface area contributed by atoms with E-state index < -0.39 is 18.0 Å². The van der Waals surface area contributed by atoms with Gasteiger partial charge in [-0.2, -0.15) is 0 Å². The van der Waals surface area contributed by atoms with Gasteiger partial charge in [0.05, 0.1) is 23.1 Å². The second-order valence-corrected chi connectivity index (χ2v) is 5.46. The monoisotopic (exact) mass is 336 g/mol. The average molecular weight is 336 g/mol. The van der Waals surface area contributed by atoms with E-state index in [1.54, 1.807) is 31.3 Å². The lowest BCUT2D eigenvalue weighted by Gasteiger charge is -2.14. The molecule has 1 atom stereocenters. The molecule has 2 heterocycles. The maximum Gasteiger partial charge on any atom is 0.359 e. The Labute approximate surface area is 144 Å². The lowest BCUT2D eigenvalue weighted by atomic mass is 10.2. The van der Waals surface area contributed by atoms with Crippen LogP contribution in [0.2, 0.25) is 0 Å². The third-order valence-electron chi connectivity index (χ3n) is 3.55. The summed E-state index contributed by atoms with van der Waals surface area (Å²) < 4.78 is 5.15. The molecule has 0 unspecified atom stereocenters. The third kappa shape index (κ3) is 3.77. The van der Waals surface area contributed by atoms with Crippen molar-refractivity contribution in [1.29, 1.82) is 0 Å². The first-order valence-electron chi connectivity index (χ1n) is 7.69. The zero-order chi connectivity index (χ0) is 17.8. The molecule has 0 radical (unpaired) electrons. The van der Waals surface area contributed by atoms with Crippen LogP contribution in [-0.2, 0) is 9.53 Å². The summed E-state index contributed by atoms with van der Waals surface area (Å²) in [5.41, 5.74) is 2.11. The van der Waals surface area contributed by atoms with E-state index in [4.69, 9.17) is 4.74 Å². The van der Waals surface area contributed by atoms with Crippen molar-refractivity contribution >= 4 is 28.5 Å². The molecule has 3 aromatic rings. The molecule has 25 heavy (non-hydrogen) atoms.